The van der Waals surface area contributed by atoms with Crippen molar-refractivity contribution in [2.45, 2.75) is 142 Å². The summed E-state index contributed by atoms with van der Waals surface area (Å²) in [5.74, 6) is 2.87. The molecule has 1 aromatic carbocycles. The van der Waals surface area contributed by atoms with E-state index in [4.69, 9.17) is 11.6 Å². The smallest absolute Gasteiger partial charge is 0.223 e. The van der Waals surface area contributed by atoms with Gasteiger partial charge in [-0.1, -0.05) is 78.0 Å². The molecule has 1 amide bonds. The van der Waals surface area contributed by atoms with Gasteiger partial charge in [0.1, 0.15) is 0 Å². The van der Waals surface area contributed by atoms with Crippen LogP contribution in [-0.2, 0) is 11.3 Å². The van der Waals surface area contributed by atoms with Gasteiger partial charge in [0.15, 0.2) is 0 Å². The molecule has 0 radical (unpaired) electrons. The molecule has 1 saturated carbocycles. The van der Waals surface area contributed by atoms with Crippen molar-refractivity contribution < 1.29 is 9.90 Å². The quantitative estimate of drug-likeness (QED) is 0.131. The number of halogens is 1. The second-order valence-corrected chi connectivity index (χ2v) is 14.3. The normalized spacial score (nSPS) is 20.9. The zero-order valence-corrected chi connectivity index (χ0v) is 28.1. The predicted octanol–water partition coefficient (Wildman–Crippen LogP) is 8.97. The fraction of sp³-hybridized carbons (Fsp3) is 0.794. The molecule has 6 atom stereocenters. The molecule has 230 valence electrons. The van der Waals surface area contributed by atoms with Crippen molar-refractivity contribution in [2.24, 2.45) is 23.7 Å². The molecule has 1 aliphatic rings. The van der Waals surface area contributed by atoms with Gasteiger partial charge in [-0.2, -0.15) is 0 Å². The second kappa shape index (κ2) is 18.7. The number of unbranched alkanes of at least 4 members (excludes halogenated alkanes) is 1. The minimum atomic E-state index is -0.487. The first-order valence-corrected chi connectivity index (χ1v) is 17.6. The first-order chi connectivity index (χ1) is 19.1. The molecule has 2 rings (SSSR count). The number of carbonyl (C=O) groups is 1. The lowest BCUT2D eigenvalue weighted by Crippen LogP contribution is -2.48. The summed E-state index contributed by atoms with van der Waals surface area (Å²) >= 11 is 8.31. The third-order valence-corrected chi connectivity index (χ3v) is 10.7. The Labute approximate surface area is 255 Å². The number of nitrogens with zero attached hydrogens (tertiary/aromatic N) is 1. The van der Waals surface area contributed by atoms with Crippen molar-refractivity contribution in [3.8, 4) is 0 Å². The van der Waals surface area contributed by atoms with E-state index in [0.717, 1.165) is 47.5 Å². The van der Waals surface area contributed by atoms with Gasteiger partial charge >= 0.3 is 0 Å². The first kappa shape index (κ1) is 35.4. The number of nitrogens with one attached hydrogen (secondary N) is 1. The van der Waals surface area contributed by atoms with Crippen molar-refractivity contribution >= 4 is 29.3 Å². The van der Waals surface area contributed by atoms with Gasteiger partial charge in [-0.15, -0.1) is 11.8 Å². The van der Waals surface area contributed by atoms with Crippen molar-refractivity contribution in [1.29, 1.82) is 0 Å². The molecule has 1 aromatic rings. The summed E-state index contributed by atoms with van der Waals surface area (Å²) in [5.41, 5.74) is 1.26. The van der Waals surface area contributed by atoms with E-state index in [2.05, 4.69) is 70.8 Å². The van der Waals surface area contributed by atoms with Crippen LogP contribution in [0.1, 0.15) is 118 Å². The highest BCUT2D eigenvalue weighted by Gasteiger charge is 2.32. The molecular formula is C34H59ClN2O2S. The third-order valence-electron chi connectivity index (χ3n) is 9.09. The molecule has 40 heavy (non-hydrogen) atoms. The number of hydrogen-bond acceptors (Lipinski definition) is 4. The van der Waals surface area contributed by atoms with Gasteiger partial charge in [0.05, 0.1) is 11.1 Å². The Bertz CT molecular complexity index is 866. The summed E-state index contributed by atoms with van der Waals surface area (Å²) in [6, 6.07) is 6.97. The van der Waals surface area contributed by atoms with Gasteiger partial charge < -0.3 is 10.4 Å². The highest BCUT2D eigenvalue weighted by Crippen LogP contribution is 2.34. The fourth-order valence-electron chi connectivity index (χ4n) is 6.13. The molecule has 6 heteroatoms. The molecule has 0 bridgehead atoms. The van der Waals surface area contributed by atoms with E-state index in [1.165, 1.54) is 44.1 Å². The van der Waals surface area contributed by atoms with Crippen LogP contribution < -0.4 is 5.32 Å². The summed E-state index contributed by atoms with van der Waals surface area (Å²) in [5, 5.41) is 15.4. The second-order valence-electron chi connectivity index (χ2n) is 12.8. The Morgan fingerprint density at radius 1 is 1.18 bits per heavy atom. The van der Waals surface area contributed by atoms with Crippen molar-refractivity contribution in [1.82, 2.24) is 10.2 Å². The number of rotatable bonds is 18. The van der Waals surface area contributed by atoms with Crippen LogP contribution in [0.25, 0.3) is 0 Å². The molecule has 5 unspecified atom stereocenters. The van der Waals surface area contributed by atoms with Gasteiger partial charge in [-0.05, 0) is 93.6 Å². The van der Waals surface area contributed by atoms with Crippen LogP contribution in [0.2, 0.25) is 5.02 Å². The highest BCUT2D eigenvalue weighted by molar-refractivity contribution is 7.99. The van der Waals surface area contributed by atoms with Gasteiger partial charge in [0.2, 0.25) is 5.91 Å². The average molecular weight is 595 g/mol. The van der Waals surface area contributed by atoms with Crippen molar-refractivity contribution in [3.63, 3.8) is 0 Å². The number of aliphatic hydroxyl groups excluding tert-OH is 1. The van der Waals surface area contributed by atoms with E-state index in [0.29, 0.717) is 30.7 Å². The predicted molar refractivity (Wildman–Crippen MR) is 174 cm³/mol. The highest BCUT2D eigenvalue weighted by atomic mass is 35.5. The van der Waals surface area contributed by atoms with Crippen LogP contribution in [0.15, 0.2) is 23.1 Å². The van der Waals surface area contributed by atoms with Gasteiger partial charge in [0, 0.05) is 36.0 Å². The fourth-order valence-corrected chi connectivity index (χ4v) is 7.50. The topological polar surface area (TPSA) is 52.6 Å². The Hall–Kier alpha value is -0.750. The van der Waals surface area contributed by atoms with E-state index in [9.17, 15) is 9.90 Å². The van der Waals surface area contributed by atoms with Crippen molar-refractivity contribution in [2.75, 3.05) is 12.3 Å². The molecule has 4 nitrogen and oxygen atoms in total. The van der Waals surface area contributed by atoms with E-state index in [1.54, 1.807) is 0 Å². The maximum atomic E-state index is 13.5. The molecule has 0 heterocycles. The van der Waals surface area contributed by atoms with Crippen LogP contribution in [0.5, 0.6) is 0 Å². The van der Waals surface area contributed by atoms with Crippen LogP contribution in [0.3, 0.4) is 0 Å². The van der Waals surface area contributed by atoms with E-state index >= 15 is 0 Å². The van der Waals surface area contributed by atoms with Crippen molar-refractivity contribution in [3.05, 3.63) is 28.8 Å². The number of hydrogen-bond donors (Lipinski definition) is 2. The van der Waals surface area contributed by atoms with E-state index in [-0.39, 0.29) is 17.9 Å². The van der Waals surface area contributed by atoms with Gasteiger partial charge in [0.25, 0.3) is 0 Å². The molecule has 0 spiro atoms. The first-order valence-electron chi connectivity index (χ1n) is 16.2. The SMILES string of the molecule is CCCCSc1cc(CN(CC[C@@H](O)CC(CC)C(=O)NC(C(C)CC)C2CCCC(C)C2)C(C)C)ccc1Cl. The third kappa shape index (κ3) is 11.9. The maximum Gasteiger partial charge on any atom is 0.223 e. The molecule has 2 N–H and O–H groups in total. The minimum Gasteiger partial charge on any atom is -0.393 e. The van der Waals surface area contributed by atoms with Crippen LogP contribution >= 0.6 is 23.4 Å². The Kier molecular flexibility index (Phi) is 16.6. The van der Waals surface area contributed by atoms with E-state index in [1.807, 2.05) is 17.8 Å². The molecule has 0 aromatic heterocycles. The summed E-state index contributed by atoms with van der Waals surface area (Å²) in [4.78, 5) is 17.0. The lowest BCUT2D eigenvalue weighted by Gasteiger charge is -2.37. The number of thioether (sulfide) groups is 1. The molecule has 1 fully saturated rings. The summed E-state index contributed by atoms with van der Waals surface area (Å²) < 4.78 is 0. The van der Waals surface area contributed by atoms with Gasteiger partial charge in [-0.25, -0.2) is 0 Å². The lowest BCUT2D eigenvalue weighted by molar-refractivity contribution is -0.128. The van der Waals surface area contributed by atoms with Crippen LogP contribution in [-0.4, -0.2) is 46.4 Å². The Morgan fingerprint density at radius 2 is 1.93 bits per heavy atom. The largest absolute Gasteiger partial charge is 0.393 e. The number of aliphatic hydroxyl groups is 1. The zero-order valence-electron chi connectivity index (χ0n) is 26.6. The molecule has 0 saturated heterocycles. The minimum absolute atomic E-state index is 0.139. The Morgan fingerprint density at radius 3 is 2.55 bits per heavy atom. The standard InChI is InChI=1S/C34H59ClN2O2S/c1-8-11-19-40-32-21-27(15-16-31(32)35)23-37(24(4)5)18-17-30(38)22-28(10-3)34(39)36-33(26(7)9-2)29-14-12-13-25(6)20-29/h15-16,21,24-26,28-30,33,38H,8-14,17-20,22-23H2,1-7H3,(H,36,39)/t25?,26?,28?,29?,30-,33?/m1/s1. The van der Waals surface area contributed by atoms with E-state index < -0.39 is 6.10 Å². The van der Waals surface area contributed by atoms with Crippen LogP contribution in [0.4, 0.5) is 0 Å². The number of amides is 1. The summed E-state index contributed by atoms with van der Waals surface area (Å²) in [6.45, 7) is 17.2. The van der Waals surface area contributed by atoms with Crippen LogP contribution in [0, 0.1) is 23.7 Å². The summed E-state index contributed by atoms with van der Waals surface area (Å²) in [7, 11) is 0. The molecular weight excluding hydrogens is 536 g/mol. The monoisotopic (exact) mass is 594 g/mol. The maximum absolute atomic E-state index is 13.5. The molecule has 1 aliphatic carbocycles. The zero-order chi connectivity index (χ0) is 29.7. The van der Waals surface area contributed by atoms with Gasteiger partial charge in [-0.3, -0.25) is 9.69 Å². The Balaban J connectivity index is 1.95. The summed E-state index contributed by atoms with van der Waals surface area (Å²) in [6.07, 6.45) is 9.94. The number of carbonyl (C=O) groups excluding carboxylic acids is 1. The number of benzene rings is 1. The average Bonchev–Trinajstić information content (AvgIpc) is 2.93. The molecule has 0 aliphatic heterocycles. The lowest BCUT2D eigenvalue weighted by atomic mass is 9.74.